The lowest BCUT2D eigenvalue weighted by Gasteiger charge is -2.25. The lowest BCUT2D eigenvalue weighted by Crippen LogP contribution is -2.30. The van der Waals surface area contributed by atoms with Crippen LogP contribution in [0.15, 0.2) is 66.5 Å². The molecule has 1 aliphatic heterocycles. The molecule has 8 heteroatoms. The molecule has 6 nitrogen and oxygen atoms in total. The second-order valence-corrected chi connectivity index (χ2v) is 7.87. The molecule has 1 N–H and O–H groups in total. The van der Waals surface area contributed by atoms with Gasteiger partial charge in [0.2, 0.25) is 0 Å². The fourth-order valence-corrected chi connectivity index (χ4v) is 3.94. The van der Waals surface area contributed by atoms with Crippen LogP contribution in [0.4, 0.5) is 14.5 Å². The zero-order chi connectivity index (χ0) is 24.4. The number of ketones is 1. The van der Waals surface area contributed by atoms with Crippen molar-refractivity contribution in [3.8, 4) is 5.75 Å². The molecule has 1 amide bonds. The maximum absolute atomic E-state index is 14.7. The highest BCUT2D eigenvalue weighted by Crippen LogP contribution is 2.43. The Bertz CT molecular complexity index is 1290. The minimum absolute atomic E-state index is 0.235. The van der Waals surface area contributed by atoms with Crippen LogP contribution in [0.3, 0.4) is 0 Å². The van der Waals surface area contributed by atoms with E-state index < -0.39 is 40.8 Å². The summed E-state index contributed by atoms with van der Waals surface area (Å²) in [6.45, 7) is 4.30. The quantitative estimate of drug-likeness (QED) is 0.313. The van der Waals surface area contributed by atoms with Gasteiger partial charge < -0.3 is 9.84 Å². The monoisotopic (exact) mass is 464 g/mol. The van der Waals surface area contributed by atoms with Gasteiger partial charge in [-0.25, -0.2) is 8.78 Å². The number of benzene rings is 2. The number of aromatic nitrogens is 1. The summed E-state index contributed by atoms with van der Waals surface area (Å²) >= 11 is 0. The fourth-order valence-electron chi connectivity index (χ4n) is 3.94. The summed E-state index contributed by atoms with van der Waals surface area (Å²) in [5.74, 6) is -3.53. The van der Waals surface area contributed by atoms with Crippen LogP contribution in [0.5, 0.6) is 5.75 Å². The molecule has 2 heterocycles. The van der Waals surface area contributed by atoms with Gasteiger partial charge in [0.1, 0.15) is 23.1 Å². The number of hydrogen-bond acceptors (Lipinski definition) is 5. The third-order valence-electron chi connectivity index (χ3n) is 5.54. The molecule has 1 unspecified atom stereocenters. The van der Waals surface area contributed by atoms with E-state index in [-0.39, 0.29) is 11.1 Å². The summed E-state index contributed by atoms with van der Waals surface area (Å²) in [7, 11) is 0. The van der Waals surface area contributed by atoms with Crippen LogP contribution in [0.1, 0.15) is 36.1 Å². The number of anilines is 1. The number of rotatable bonds is 6. The molecule has 1 aromatic heterocycles. The Hall–Kier alpha value is -4.07. The molecule has 3 aromatic rings. The van der Waals surface area contributed by atoms with Crippen molar-refractivity contribution in [2.24, 2.45) is 0 Å². The molecule has 1 fully saturated rings. The number of pyridine rings is 1. The molecule has 1 saturated heterocycles. The van der Waals surface area contributed by atoms with E-state index in [1.165, 1.54) is 12.4 Å². The molecule has 34 heavy (non-hydrogen) atoms. The molecule has 0 aliphatic carbocycles. The first kappa shape index (κ1) is 23.1. The van der Waals surface area contributed by atoms with E-state index in [1.807, 2.05) is 6.92 Å². The summed E-state index contributed by atoms with van der Waals surface area (Å²) in [5.41, 5.74) is 0.782. The van der Waals surface area contributed by atoms with Crippen LogP contribution in [-0.4, -0.2) is 28.4 Å². The third-order valence-corrected chi connectivity index (χ3v) is 5.54. The molecule has 174 valence electrons. The molecular weight excluding hydrogens is 442 g/mol. The Labute approximate surface area is 195 Å². The maximum Gasteiger partial charge on any atom is 0.300 e. The van der Waals surface area contributed by atoms with Gasteiger partial charge in [-0.2, -0.15) is 0 Å². The molecule has 1 aliphatic rings. The predicted octanol–water partition coefficient (Wildman–Crippen LogP) is 5.08. The van der Waals surface area contributed by atoms with Gasteiger partial charge in [-0.1, -0.05) is 6.92 Å². The van der Waals surface area contributed by atoms with Crippen LogP contribution in [-0.2, 0) is 9.59 Å². The maximum atomic E-state index is 14.7. The van der Waals surface area contributed by atoms with Crippen molar-refractivity contribution < 1.29 is 28.2 Å². The lowest BCUT2D eigenvalue weighted by molar-refractivity contribution is -0.132. The van der Waals surface area contributed by atoms with Crippen LogP contribution < -0.4 is 9.64 Å². The number of hydrogen-bond donors (Lipinski definition) is 1. The second-order valence-electron chi connectivity index (χ2n) is 7.87. The van der Waals surface area contributed by atoms with Gasteiger partial charge in [-0.05, 0) is 66.9 Å². The average Bonchev–Trinajstić information content (AvgIpc) is 3.10. The van der Waals surface area contributed by atoms with Crippen molar-refractivity contribution in [1.82, 2.24) is 4.98 Å². The highest BCUT2D eigenvalue weighted by molar-refractivity contribution is 6.51. The number of carbonyl (C=O) groups is 2. The van der Waals surface area contributed by atoms with Gasteiger partial charge >= 0.3 is 0 Å². The van der Waals surface area contributed by atoms with Crippen molar-refractivity contribution >= 4 is 23.1 Å². The topological polar surface area (TPSA) is 79.7 Å². The van der Waals surface area contributed by atoms with Crippen molar-refractivity contribution in [2.45, 2.75) is 26.3 Å². The van der Waals surface area contributed by atoms with Gasteiger partial charge in [0.05, 0.1) is 23.9 Å². The Morgan fingerprint density at radius 3 is 2.50 bits per heavy atom. The van der Waals surface area contributed by atoms with Crippen molar-refractivity contribution in [1.29, 1.82) is 0 Å². The van der Waals surface area contributed by atoms with Crippen LogP contribution in [0.2, 0.25) is 0 Å². The first-order valence-corrected chi connectivity index (χ1v) is 10.7. The van der Waals surface area contributed by atoms with Crippen molar-refractivity contribution in [3.63, 3.8) is 0 Å². The van der Waals surface area contributed by atoms with Crippen molar-refractivity contribution in [2.75, 3.05) is 11.5 Å². The number of nitrogens with zero attached hydrogens (tertiary/aromatic N) is 2. The zero-order valence-corrected chi connectivity index (χ0v) is 18.6. The van der Waals surface area contributed by atoms with Crippen LogP contribution >= 0.6 is 0 Å². The minimum atomic E-state index is -1.18. The van der Waals surface area contributed by atoms with E-state index in [1.54, 1.807) is 37.3 Å². The van der Waals surface area contributed by atoms with E-state index >= 15 is 0 Å². The third kappa shape index (κ3) is 4.14. The average molecular weight is 464 g/mol. The molecule has 0 spiro atoms. The largest absolute Gasteiger partial charge is 0.507 e. The van der Waals surface area contributed by atoms with E-state index in [4.69, 9.17) is 4.74 Å². The fraction of sp³-hybridized carbons (Fsp3) is 0.192. The molecule has 0 radical (unpaired) electrons. The number of aliphatic hydroxyl groups excluding tert-OH is 1. The van der Waals surface area contributed by atoms with E-state index in [2.05, 4.69) is 4.98 Å². The number of aryl methyl sites for hydroxylation is 1. The van der Waals surface area contributed by atoms with Crippen LogP contribution in [0.25, 0.3) is 5.76 Å². The van der Waals surface area contributed by atoms with E-state index in [0.717, 1.165) is 35.1 Å². The summed E-state index contributed by atoms with van der Waals surface area (Å²) in [6.07, 6.45) is 3.72. The molecule has 1 atom stereocenters. The van der Waals surface area contributed by atoms with Gasteiger partial charge in [-0.15, -0.1) is 0 Å². The van der Waals surface area contributed by atoms with Gasteiger partial charge in [0, 0.05) is 24.0 Å². The summed E-state index contributed by atoms with van der Waals surface area (Å²) in [4.78, 5) is 31.0. The van der Waals surface area contributed by atoms with E-state index in [9.17, 15) is 23.5 Å². The van der Waals surface area contributed by atoms with E-state index in [0.29, 0.717) is 17.9 Å². The lowest BCUT2D eigenvalue weighted by atomic mass is 9.95. The zero-order valence-electron chi connectivity index (χ0n) is 18.6. The Morgan fingerprint density at radius 2 is 1.82 bits per heavy atom. The molecule has 0 saturated carbocycles. The Kier molecular flexibility index (Phi) is 6.40. The number of halogens is 2. The summed E-state index contributed by atoms with van der Waals surface area (Å²) < 4.78 is 34.3. The standard InChI is InChI=1S/C26H22F2N2O4/c1-3-12-34-21-7-4-17(13-15(21)2)24(31)22-23(16-8-10-29-11-9-16)30(26(33)25(22)32)20-14-18(27)5-6-19(20)28/h4-11,13-14,23,31H,3,12H2,1-2H3/b24-22+. The number of amides is 1. The molecule has 4 rings (SSSR count). The SMILES string of the molecule is CCCOc1ccc(/C(O)=C2\C(=O)C(=O)N(c3cc(F)ccc3F)C2c2ccncc2)cc1C. The summed E-state index contributed by atoms with van der Waals surface area (Å²) in [5, 5.41) is 11.2. The number of carbonyl (C=O) groups excluding carboxylic acids is 2. The summed E-state index contributed by atoms with van der Waals surface area (Å²) in [6, 6.07) is 9.43. The number of Topliss-reactive ketones (excluding diaryl/α,β-unsaturated/α-hetero) is 1. The number of ether oxygens (including phenoxy) is 1. The molecular formula is C26H22F2N2O4. The van der Waals surface area contributed by atoms with Gasteiger partial charge in [0.15, 0.2) is 0 Å². The Balaban J connectivity index is 1.89. The van der Waals surface area contributed by atoms with Crippen molar-refractivity contribution in [3.05, 3.63) is 94.8 Å². The smallest absolute Gasteiger partial charge is 0.300 e. The highest BCUT2D eigenvalue weighted by Gasteiger charge is 2.47. The van der Waals surface area contributed by atoms with Gasteiger partial charge in [-0.3, -0.25) is 19.5 Å². The van der Waals surface area contributed by atoms with Gasteiger partial charge in [0.25, 0.3) is 11.7 Å². The minimum Gasteiger partial charge on any atom is -0.507 e. The normalized spacial score (nSPS) is 17.3. The van der Waals surface area contributed by atoms with Crippen LogP contribution in [0, 0.1) is 18.6 Å². The first-order chi connectivity index (χ1) is 16.3. The Morgan fingerprint density at radius 1 is 1.09 bits per heavy atom. The number of aliphatic hydroxyl groups is 1. The second kappa shape index (κ2) is 9.43. The molecule has 2 aromatic carbocycles. The molecule has 0 bridgehead atoms. The first-order valence-electron chi connectivity index (χ1n) is 10.7. The predicted molar refractivity (Wildman–Crippen MR) is 122 cm³/mol. The highest BCUT2D eigenvalue weighted by atomic mass is 19.1.